The van der Waals surface area contributed by atoms with Crippen molar-refractivity contribution in [2.75, 3.05) is 5.43 Å². The molecule has 0 unspecified atom stereocenters. The highest BCUT2D eigenvalue weighted by molar-refractivity contribution is 5.81. The zero-order valence-electron chi connectivity index (χ0n) is 10.6. The number of hydrazine groups is 1. The summed E-state index contributed by atoms with van der Waals surface area (Å²) in [5.74, 6) is 7.20. The number of benzene rings is 1. The molecule has 3 aromatic rings. The summed E-state index contributed by atoms with van der Waals surface area (Å²) in [4.78, 5) is 8.79. The molecule has 0 amide bonds. The van der Waals surface area contributed by atoms with Crippen LogP contribution in [0.1, 0.15) is 12.6 Å². The van der Waals surface area contributed by atoms with Gasteiger partial charge in [0.05, 0.1) is 0 Å². The Morgan fingerprint density at radius 2 is 2.05 bits per heavy atom. The van der Waals surface area contributed by atoms with Crippen molar-refractivity contribution in [3.8, 4) is 11.6 Å². The summed E-state index contributed by atoms with van der Waals surface area (Å²) in [5.41, 5.74) is 4.29. The highest BCUT2D eigenvalue weighted by Gasteiger charge is 2.10. The molecule has 0 aliphatic carbocycles. The number of furan rings is 1. The Kier molecular flexibility index (Phi) is 2.89. The van der Waals surface area contributed by atoms with E-state index in [1.54, 1.807) is 0 Å². The summed E-state index contributed by atoms with van der Waals surface area (Å²) in [6.45, 7) is 2.03. The van der Waals surface area contributed by atoms with Crippen molar-refractivity contribution in [1.82, 2.24) is 9.97 Å². The Morgan fingerprint density at radius 1 is 1.21 bits per heavy atom. The quantitative estimate of drug-likeness (QED) is 0.555. The second-order valence-corrected chi connectivity index (χ2v) is 4.21. The summed E-state index contributed by atoms with van der Waals surface area (Å²) < 4.78 is 5.76. The zero-order valence-corrected chi connectivity index (χ0v) is 10.6. The molecule has 0 bridgehead atoms. The van der Waals surface area contributed by atoms with Crippen molar-refractivity contribution < 1.29 is 4.42 Å². The van der Waals surface area contributed by atoms with Crippen LogP contribution in [0, 0.1) is 0 Å². The lowest BCUT2D eigenvalue weighted by Gasteiger charge is -2.04. The molecule has 0 aliphatic heterocycles. The molecule has 5 nitrogen and oxygen atoms in total. The Labute approximate surface area is 110 Å². The largest absolute Gasteiger partial charge is 0.453 e. The van der Waals surface area contributed by atoms with Crippen LogP contribution >= 0.6 is 0 Å². The molecule has 0 saturated heterocycles. The van der Waals surface area contributed by atoms with E-state index in [1.165, 1.54) is 0 Å². The minimum absolute atomic E-state index is 0.545. The number of fused-ring (bicyclic) bond motifs is 1. The van der Waals surface area contributed by atoms with E-state index in [4.69, 9.17) is 10.3 Å². The van der Waals surface area contributed by atoms with E-state index in [9.17, 15) is 0 Å². The van der Waals surface area contributed by atoms with Gasteiger partial charge >= 0.3 is 0 Å². The van der Waals surface area contributed by atoms with Crippen LogP contribution in [0.5, 0.6) is 0 Å². The molecule has 0 spiro atoms. The van der Waals surface area contributed by atoms with E-state index in [0.29, 0.717) is 17.4 Å². The minimum atomic E-state index is 0.545. The Morgan fingerprint density at radius 3 is 2.79 bits per heavy atom. The van der Waals surface area contributed by atoms with Gasteiger partial charge in [-0.05, 0) is 18.6 Å². The van der Waals surface area contributed by atoms with Gasteiger partial charge < -0.3 is 9.84 Å². The highest BCUT2D eigenvalue weighted by atomic mass is 16.3. The lowest BCUT2D eigenvalue weighted by molar-refractivity contribution is 0.624. The first-order valence-electron chi connectivity index (χ1n) is 6.13. The van der Waals surface area contributed by atoms with Crippen LogP contribution in [0.2, 0.25) is 0 Å². The van der Waals surface area contributed by atoms with E-state index in [1.807, 2.05) is 43.3 Å². The molecule has 19 heavy (non-hydrogen) atoms. The lowest BCUT2D eigenvalue weighted by atomic mass is 10.2. The number of nitrogens with zero attached hydrogens (tertiary/aromatic N) is 2. The summed E-state index contributed by atoms with van der Waals surface area (Å²) in [6, 6.07) is 11.6. The summed E-state index contributed by atoms with van der Waals surface area (Å²) in [7, 11) is 0. The number of nitrogen functional groups attached to an aromatic ring is 1. The minimum Gasteiger partial charge on any atom is -0.453 e. The van der Waals surface area contributed by atoms with Crippen molar-refractivity contribution in [3.05, 3.63) is 42.1 Å². The van der Waals surface area contributed by atoms with Crippen LogP contribution in [-0.2, 0) is 6.42 Å². The van der Waals surface area contributed by atoms with Crippen molar-refractivity contribution in [3.63, 3.8) is 0 Å². The smallest absolute Gasteiger partial charge is 0.197 e. The van der Waals surface area contributed by atoms with Crippen molar-refractivity contribution >= 4 is 16.8 Å². The number of aryl methyl sites for hydroxylation is 1. The van der Waals surface area contributed by atoms with Crippen LogP contribution in [-0.4, -0.2) is 9.97 Å². The molecule has 1 aromatic carbocycles. The maximum atomic E-state index is 5.76. The van der Waals surface area contributed by atoms with Crippen LogP contribution in [0.3, 0.4) is 0 Å². The number of hydrogen-bond donors (Lipinski definition) is 2. The Bertz CT molecular complexity index is 665. The Balaban J connectivity index is 2.14. The first kappa shape index (κ1) is 11.7. The average Bonchev–Trinajstić information content (AvgIpc) is 2.90. The molecular formula is C14H14N4O. The van der Waals surface area contributed by atoms with Gasteiger partial charge in [-0.25, -0.2) is 15.8 Å². The van der Waals surface area contributed by atoms with Crippen molar-refractivity contribution in [1.29, 1.82) is 0 Å². The number of rotatable bonds is 3. The van der Waals surface area contributed by atoms with E-state index in [2.05, 4.69) is 15.4 Å². The summed E-state index contributed by atoms with van der Waals surface area (Å²) in [6.07, 6.45) is 0.810. The molecule has 0 aliphatic rings. The summed E-state index contributed by atoms with van der Waals surface area (Å²) >= 11 is 0. The molecule has 2 heterocycles. The molecule has 5 heteroatoms. The topological polar surface area (TPSA) is 77.0 Å². The molecule has 0 fully saturated rings. The van der Waals surface area contributed by atoms with Crippen LogP contribution in [0.25, 0.3) is 22.6 Å². The zero-order chi connectivity index (χ0) is 13.2. The highest BCUT2D eigenvalue weighted by Crippen LogP contribution is 2.26. The molecule has 96 valence electrons. The second kappa shape index (κ2) is 4.70. The third-order valence-corrected chi connectivity index (χ3v) is 2.94. The molecule has 0 atom stereocenters. The Hall–Kier alpha value is -2.40. The standard InChI is InChI=1S/C14H14N4O/c1-2-10-8-13(18-15)17-14(16-10)12-7-9-5-3-4-6-11(9)19-12/h3-8H,2,15H2,1H3,(H,16,17,18). The molecule has 0 saturated carbocycles. The third kappa shape index (κ3) is 2.15. The lowest BCUT2D eigenvalue weighted by Crippen LogP contribution is -2.10. The average molecular weight is 254 g/mol. The molecule has 3 N–H and O–H groups in total. The molecule has 3 rings (SSSR count). The molecular weight excluding hydrogens is 240 g/mol. The predicted octanol–water partition coefficient (Wildman–Crippen LogP) is 2.74. The molecule has 0 radical (unpaired) electrons. The number of aromatic nitrogens is 2. The van der Waals surface area contributed by atoms with Crippen molar-refractivity contribution in [2.45, 2.75) is 13.3 Å². The summed E-state index contributed by atoms with van der Waals surface area (Å²) in [5, 5.41) is 1.03. The van der Waals surface area contributed by atoms with Gasteiger partial charge in [-0.2, -0.15) is 0 Å². The number of para-hydroxylation sites is 1. The van der Waals surface area contributed by atoms with Crippen LogP contribution in [0.15, 0.2) is 40.8 Å². The maximum absolute atomic E-state index is 5.76. The number of hydrogen-bond acceptors (Lipinski definition) is 5. The monoisotopic (exact) mass is 254 g/mol. The SMILES string of the molecule is CCc1cc(NN)nc(-c2cc3ccccc3o2)n1. The molecule has 2 aromatic heterocycles. The van der Waals surface area contributed by atoms with Crippen molar-refractivity contribution in [2.24, 2.45) is 5.84 Å². The van der Waals surface area contributed by atoms with Gasteiger partial charge in [-0.15, -0.1) is 0 Å². The van der Waals surface area contributed by atoms with Gasteiger partial charge in [-0.3, -0.25) is 0 Å². The van der Waals surface area contributed by atoms with Crippen LogP contribution < -0.4 is 11.3 Å². The number of anilines is 1. The van der Waals surface area contributed by atoms with E-state index in [-0.39, 0.29) is 0 Å². The predicted molar refractivity (Wildman–Crippen MR) is 74.4 cm³/mol. The van der Waals surface area contributed by atoms with E-state index in [0.717, 1.165) is 23.1 Å². The van der Waals surface area contributed by atoms with E-state index < -0.39 is 0 Å². The van der Waals surface area contributed by atoms with Gasteiger partial charge in [-0.1, -0.05) is 25.1 Å². The first-order chi connectivity index (χ1) is 9.30. The maximum Gasteiger partial charge on any atom is 0.197 e. The van der Waals surface area contributed by atoms with Gasteiger partial charge in [0.1, 0.15) is 11.4 Å². The van der Waals surface area contributed by atoms with Gasteiger partial charge in [0, 0.05) is 17.1 Å². The fourth-order valence-electron chi connectivity index (χ4n) is 1.95. The van der Waals surface area contributed by atoms with E-state index >= 15 is 0 Å². The third-order valence-electron chi connectivity index (χ3n) is 2.94. The van der Waals surface area contributed by atoms with Gasteiger partial charge in [0.15, 0.2) is 11.6 Å². The number of nitrogens with two attached hydrogens (primary N) is 1. The fraction of sp³-hybridized carbons (Fsp3) is 0.143. The number of nitrogens with one attached hydrogen (secondary N) is 1. The fourth-order valence-corrected chi connectivity index (χ4v) is 1.95. The normalized spacial score (nSPS) is 10.8. The van der Waals surface area contributed by atoms with Gasteiger partial charge in [0.2, 0.25) is 0 Å². The first-order valence-corrected chi connectivity index (χ1v) is 6.13. The van der Waals surface area contributed by atoms with Crippen LogP contribution in [0.4, 0.5) is 5.82 Å². The van der Waals surface area contributed by atoms with Gasteiger partial charge in [0.25, 0.3) is 0 Å². The second-order valence-electron chi connectivity index (χ2n) is 4.21.